The lowest BCUT2D eigenvalue weighted by molar-refractivity contribution is 0.183. The second-order valence-electron chi connectivity index (χ2n) is 3.21. The van der Waals surface area contributed by atoms with Crippen LogP contribution >= 0.6 is 0 Å². The summed E-state index contributed by atoms with van der Waals surface area (Å²) < 4.78 is 23.3. The van der Waals surface area contributed by atoms with E-state index in [1.54, 1.807) is 19.2 Å². The number of halogens is 1. The van der Waals surface area contributed by atoms with Crippen molar-refractivity contribution in [2.75, 3.05) is 26.1 Å². The number of para-hydroxylation sites is 1. The van der Waals surface area contributed by atoms with Crippen LogP contribution in [0.1, 0.15) is 12.8 Å². The van der Waals surface area contributed by atoms with E-state index in [1.165, 1.54) is 6.07 Å². The molecule has 3 nitrogen and oxygen atoms in total. The van der Waals surface area contributed by atoms with Crippen molar-refractivity contribution in [3.63, 3.8) is 0 Å². The molecule has 0 amide bonds. The average molecular weight is 213 g/mol. The van der Waals surface area contributed by atoms with E-state index in [1.807, 2.05) is 0 Å². The van der Waals surface area contributed by atoms with Gasteiger partial charge in [-0.25, -0.2) is 4.39 Å². The molecule has 15 heavy (non-hydrogen) atoms. The van der Waals surface area contributed by atoms with E-state index >= 15 is 0 Å². The number of unbranched alkanes of at least 4 members (excludes halogenated alkanes) is 1. The number of nitrogens with two attached hydrogens (primary N) is 1. The van der Waals surface area contributed by atoms with Gasteiger partial charge in [-0.2, -0.15) is 0 Å². The predicted molar refractivity (Wildman–Crippen MR) is 57.4 cm³/mol. The van der Waals surface area contributed by atoms with Crippen LogP contribution in [0.15, 0.2) is 18.2 Å². The fourth-order valence-corrected chi connectivity index (χ4v) is 1.20. The first-order valence-electron chi connectivity index (χ1n) is 4.91. The first-order valence-corrected chi connectivity index (χ1v) is 4.91. The molecule has 0 aliphatic heterocycles. The molecule has 0 atom stereocenters. The SMILES string of the molecule is COCCCCOc1c(N)cccc1F. The van der Waals surface area contributed by atoms with Crippen molar-refractivity contribution in [3.05, 3.63) is 24.0 Å². The van der Waals surface area contributed by atoms with E-state index in [9.17, 15) is 4.39 Å². The van der Waals surface area contributed by atoms with Crippen LogP contribution in [-0.4, -0.2) is 20.3 Å². The molecule has 0 saturated carbocycles. The summed E-state index contributed by atoms with van der Waals surface area (Å²) in [6.07, 6.45) is 1.71. The second kappa shape index (κ2) is 6.24. The fourth-order valence-electron chi connectivity index (χ4n) is 1.20. The summed E-state index contributed by atoms with van der Waals surface area (Å²) in [6, 6.07) is 4.51. The van der Waals surface area contributed by atoms with Crippen LogP contribution < -0.4 is 10.5 Å². The Balaban J connectivity index is 2.37. The number of ether oxygens (including phenoxy) is 2. The maximum atomic E-state index is 13.2. The van der Waals surface area contributed by atoms with Gasteiger partial charge in [0.15, 0.2) is 11.6 Å². The van der Waals surface area contributed by atoms with Crippen LogP contribution in [0.5, 0.6) is 5.75 Å². The van der Waals surface area contributed by atoms with Gasteiger partial charge in [0.05, 0.1) is 12.3 Å². The topological polar surface area (TPSA) is 44.5 Å². The third kappa shape index (κ3) is 3.75. The van der Waals surface area contributed by atoms with Crippen molar-refractivity contribution in [2.24, 2.45) is 0 Å². The molecular formula is C11H16FNO2. The number of hydrogen-bond donors (Lipinski definition) is 1. The van der Waals surface area contributed by atoms with Gasteiger partial charge < -0.3 is 15.2 Å². The van der Waals surface area contributed by atoms with E-state index < -0.39 is 5.82 Å². The molecule has 1 aromatic carbocycles. The maximum Gasteiger partial charge on any atom is 0.177 e. The number of methoxy groups -OCH3 is 1. The Labute approximate surface area is 89.0 Å². The molecule has 2 N–H and O–H groups in total. The highest BCUT2D eigenvalue weighted by Crippen LogP contribution is 2.24. The zero-order chi connectivity index (χ0) is 11.1. The molecule has 1 aromatic rings. The Bertz CT molecular complexity index is 284. The van der Waals surface area contributed by atoms with Crippen molar-refractivity contribution >= 4 is 5.69 Å². The summed E-state index contributed by atoms with van der Waals surface area (Å²) in [5.41, 5.74) is 5.91. The van der Waals surface area contributed by atoms with Crippen molar-refractivity contribution in [1.82, 2.24) is 0 Å². The third-order valence-corrected chi connectivity index (χ3v) is 1.99. The molecule has 0 unspecified atom stereocenters. The number of nitrogen functional groups attached to an aromatic ring is 1. The fraction of sp³-hybridized carbons (Fsp3) is 0.455. The van der Waals surface area contributed by atoms with E-state index in [-0.39, 0.29) is 5.75 Å². The lowest BCUT2D eigenvalue weighted by atomic mass is 10.3. The molecule has 0 radical (unpaired) electrons. The molecular weight excluding hydrogens is 197 g/mol. The van der Waals surface area contributed by atoms with Gasteiger partial charge in [-0.1, -0.05) is 6.07 Å². The summed E-state index contributed by atoms with van der Waals surface area (Å²) in [4.78, 5) is 0. The van der Waals surface area contributed by atoms with Gasteiger partial charge in [0.25, 0.3) is 0 Å². The van der Waals surface area contributed by atoms with Crippen LogP contribution in [0.4, 0.5) is 10.1 Å². The van der Waals surface area contributed by atoms with Gasteiger partial charge in [-0.15, -0.1) is 0 Å². The van der Waals surface area contributed by atoms with Crippen LogP contribution in [0.25, 0.3) is 0 Å². The highest BCUT2D eigenvalue weighted by Gasteiger charge is 2.06. The highest BCUT2D eigenvalue weighted by molar-refractivity contribution is 5.52. The van der Waals surface area contributed by atoms with Gasteiger partial charge in [-0.3, -0.25) is 0 Å². The zero-order valence-electron chi connectivity index (χ0n) is 8.83. The summed E-state index contributed by atoms with van der Waals surface area (Å²) in [6.45, 7) is 1.14. The third-order valence-electron chi connectivity index (χ3n) is 1.99. The Morgan fingerprint density at radius 3 is 2.67 bits per heavy atom. The van der Waals surface area contributed by atoms with Gasteiger partial charge in [0.2, 0.25) is 0 Å². The quantitative estimate of drug-likeness (QED) is 0.582. The van der Waals surface area contributed by atoms with Crippen molar-refractivity contribution in [3.8, 4) is 5.75 Å². The number of benzene rings is 1. The summed E-state index contributed by atoms with van der Waals surface area (Å²) in [7, 11) is 1.65. The molecule has 4 heteroatoms. The van der Waals surface area contributed by atoms with Crippen molar-refractivity contribution < 1.29 is 13.9 Å². The lowest BCUT2D eigenvalue weighted by Gasteiger charge is -2.09. The van der Waals surface area contributed by atoms with Gasteiger partial charge in [0, 0.05) is 13.7 Å². The Kier molecular flexibility index (Phi) is 4.90. The molecule has 0 aliphatic carbocycles. The number of rotatable bonds is 6. The minimum atomic E-state index is -0.415. The largest absolute Gasteiger partial charge is 0.488 e. The normalized spacial score (nSPS) is 10.3. The smallest absolute Gasteiger partial charge is 0.177 e. The van der Waals surface area contributed by atoms with Crippen molar-refractivity contribution in [2.45, 2.75) is 12.8 Å². The van der Waals surface area contributed by atoms with E-state index in [2.05, 4.69) is 0 Å². The minimum Gasteiger partial charge on any atom is -0.488 e. The monoisotopic (exact) mass is 213 g/mol. The highest BCUT2D eigenvalue weighted by atomic mass is 19.1. The number of anilines is 1. The van der Waals surface area contributed by atoms with Crippen molar-refractivity contribution in [1.29, 1.82) is 0 Å². The van der Waals surface area contributed by atoms with Gasteiger partial charge in [-0.05, 0) is 25.0 Å². The van der Waals surface area contributed by atoms with E-state index in [0.29, 0.717) is 18.9 Å². The molecule has 0 aliphatic rings. The zero-order valence-corrected chi connectivity index (χ0v) is 8.83. The molecule has 1 rings (SSSR count). The molecule has 0 heterocycles. The summed E-state index contributed by atoms with van der Waals surface area (Å²) >= 11 is 0. The Morgan fingerprint density at radius 1 is 1.27 bits per heavy atom. The van der Waals surface area contributed by atoms with E-state index in [0.717, 1.165) is 12.8 Å². The molecule has 0 spiro atoms. The average Bonchev–Trinajstić information content (AvgIpc) is 2.21. The first kappa shape index (κ1) is 11.8. The lowest BCUT2D eigenvalue weighted by Crippen LogP contribution is -2.03. The first-order chi connectivity index (χ1) is 7.25. The minimum absolute atomic E-state index is 0.148. The molecule has 0 bridgehead atoms. The van der Waals surface area contributed by atoms with Crippen LogP contribution in [0.2, 0.25) is 0 Å². The second-order valence-corrected chi connectivity index (χ2v) is 3.21. The van der Waals surface area contributed by atoms with E-state index in [4.69, 9.17) is 15.2 Å². The Hall–Kier alpha value is -1.29. The van der Waals surface area contributed by atoms with Crippen LogP contribution in [-0.2, 0) is 4.74 Å². The molecule has 0 aromatic heterocycles. The van der Waals surface area contributed by atoms with Gasteiger partial charge >= 0.3 is 0 Å². The van der Waals surface area contributed by atoms with Crippen LogP contribution in [0.3, 0.4) is 0 Å². The molecule has 84 valence electrons. The summed E-state index contributed by atoms with van der Waals surface area (Å²) in [5.74, 6) is -0.267. The Morgan fingerprint density at radius 2 is 2.00 bits per heavy atom. The summed E-state index contributed by atoms with van der Waals surface area (Å²) in [5, 5.41) is 0. The number of hydrogen-bond acceptors (Lipinski definition) is 3. The van der Waals surface area contributed by atoms with Gasteiger partial charge in [0.1, 0.15) is 0 Å². The molecule has 0 fully saturated rings. The maximum absolute atomic E-state index is 13.2. The standard InChI is InChI=1S/C11H16FNO2/c1-14-7-2-3-8-15-11-9(12)5-4-6-10(11)13/h4-6H,2-3,7-8,13H2,1H3. The molecule has 0 saturated heterocycles. The van der Waals surface area contributed by atoms with Crippen LogP contribution in [0, 0.1) is 5.82 Å². The predicted octanol–water partition coefficient (Wildman–Crippen LogP) is 2.21.